The van der Waals surface area contributed by atoms with Crippen LogP contribution in [0.25, 0.3) is 0 Å². The number of aryl methyl sites for hydroxylation is 1. The van der Waals surface area contributed by atoms with E-state index in [0.29, 0.717) is 19.0 Å². The van der Waals surface area contributed by atoms with Gasteiger partial charge in [-0.15, -0.1) is 0 Å². The highest BCUT2D eigenvalue weighted by molar-refractivity contribution is 5.26. The number of nitrogens with one attached hydrogen (secondary N) is 1. The molecule has 0 amide bonds. The molecule has 4 heteroatoms. The second-order valence-electron chi connectivity index (χ2n) is 5.34. The van der Waals surface area contributed by atoms with E-state index in [1.807, 2.05) is 31.2 Å². The lowest BCUT2D eigenvalue weighted by Gasteiger charge is -2.15. The molecular formula is C15H23NO3. The van der Waals surface area contributed by atoms with Crippen LogP contribution in [-0.4, -0.2) is 42.1 Å². The fraction of sp³-hybridized carbons (Fsp3) is 0.600. The quantitative estimate of drug-likeness (QED) is 0.658. The van der Waals surface area contributed by atoms with Crippen LogP contribution >= 0.6 is 0 Å². The zero-order valence-corrected chi connectivity index (χ0v) is 11.4. The van der Waals surface area contributed by atoms with Gasteiger partial charge in [0.1, 0.15) is 18.5 Å². The molecule has 4 nitrogen and oxygen atoms in total. The molecule has 0 aliphatic heterocycles. The minimum atomic E-state index is -0.562. The van der Waals surface area contributed by atoms with Gasteiger partial charge in [0.15, 0.2) is 0 Å². The predicted octanol–water partition coefficient (Wildman–Crippen LogP) is 1.10. The highest BCUT2D eigenvalue weighted by Gasteiger charge is 2.29. The van der Waals surface area contributed by atoms with E-state index in [2.05, 4.69) is 5.32 Å². The average Bonchev–Trinajstić information content (AvgIpc) is 3.22. The maximum Gasteiger partial charge on any atom is 0.119 e. The minimum Gasteiger partial charge on any atom is -0.491 e. The molecule has 0 spiro atoms. The Morgan fingerprint density at radius 3 is 2.53 bits per heavy atom. The first-order chi connectivity index (χ1) is 9.15. The molecule has 106 valence electrons. The summed E-state index contributed by atoms with van der Waals surface area (Å²) in [6.07, 6.45) is 1.42. The Bertz CT molecular complexity index is 375. The molecule has 19 heavy (non-hydrogen) atoms. The van der Waals surface area contributed by atoms with Crippen molar-refractivity contribution < 1.29 is 14.9 Å². The van der Waals surface area contributed by atoms with Crippen LogP contribution in [0.3, 0.4) is 0 Å². The van der Waals surface area contributed by atoms with E-state index in [1.165, 1.54) is 5.56 Å². The van der Waals surface area contributed by atoms with E-state index >= 15 is 0 Å². The van der Waals surface area contributed by atoms with E-state index in [-0.39, 0.29) is 12.7 Å². The monoisotopic (exact) mass is 265 g/mol. The Morgan fingerprint density at radius 2 is 1.89 bits per heavy atom. The van der Waals surface area contributed by atoms with Crippen molar-refractivity contribution in [3.05, 3.63) is 29.8 Å². The summed E-state index contributed by atoms with van der Waals surface area (Å²) in [5.41, 5.74) is 1.18. The van der Waals surface area contributed by atoms with Crippen molar-refractivity contribution in [1.29, 1.82) is 0 Å². The maximum absolute atomic E-state index is 9.76. The van der Waals surface area contributed by atoms with Gasteiger partial charge in [0.2, 0.25) is 0 Å². The molecule has 1 aromatic carbocycles. The van der Waals surface area contributed by atoms with Gasteiger partial charge in [-0.2, -0.15) is 0 Å². The van der Waals surface area contributed by atoms with E-state index in [1.54, 1.807) is 0 Å². The third-order valence-electron chi connectivity index (χ3n) is 3.36. The molecule has 0 heterocycles. The topological polar surface area (TPSA) is 61.7 Å². The first kappa shape index (κ1) is 14.3. The van der Waals surface area contributed by atoms with Crippen molar-refractivity contribution in [3.63, 3.8) is 0 Å². The van der Waals surface area contributed by atoms with Crippen molar-refractivity contribution in [3.8, 4) is 5.75 Å². The Kier molecular flexibility index (Phi) is 5.19. The number of ether oxygens (including phenoxy) is 1. The van der Waals surface area contributed by atoms with Gasteiger partial charge in [0.25, 0.3) is 0 Å². The Hall–Kier alpha value is -1.10. The lowest BCUT2D eigenvalue weighted by atomic mass is 10.2. The number of hydrogen-bond acceptors (Lipinski definition) is 4. The Labute approximate surface area is 114 Å². The molecule has 3 N–H and O–H groups in total. The van der Waals surface area contributed by atoms with Gasteiger partial charge in [-0.1, -0.05) is 17.7 Å². The van der Waals surface area contributed by atoms with E-state index in [9.17, 15) is 10.2 Å². The van der Waals surface area contributed by atoms with E-state index in [0.717, 1.165) is 18.6 Å². The first-order valence-corrected chi connectivity index (χ1v) is 6.91. The number of aliphatic hydroxyl groups is 2. The van der Waals surface area contributed by atoms with Crippen molar-refractivity contribution in [2.24, 2.45) is 5.92 Å². The van der Waals surface area contributed by atoms with E-state index < -0.39 is 6.10 Å². The summed E-state index contributed by atoms with van der Waals surface area (Å²) in [5, 5.41) is 22.5. The van der Waals surface area contributed by atoms with Gasteiger partial charge in [0.05, 0.1) is 6.10 Å². The summed E-state index contributed by atoms with van der Waals surface area (Å²) in [6.45, 7) is 3.27. The first-order valence-electron chi connectivity index (χ1n) is 6.91. The van der Waals surface area contributed by atoms with Crippen molar-refractivity contribution in [1.82, 2.24) is 5.32 Å². The summed E-state index contributed by atoms with van der Waals surface area (Å²) in [5.74, 6) is 1.23. The Balaban J connectivity index is 1.58. The molecule has 1 aliphatic carbocycles. The van der Waals surface area contributed by atoms with Crippen LogP contribution in [0.1, 0.15) is 18.4 Å². The predicted molar refractivity (Wildman–Crippen MR) is 74.3 cm³/mol. The molecule has 0 aromatic heterocycles. The van der Waals surface area contributed by atoms with E-state index in [4.69, 9.17) is 4.74 Å². The third kappa shape index (κ3) is 5.19. The van der Waals surface area contributed by atoms with Gasteiger partial charge >= 0.3 is 0 Å². The largest absolute Gasteiger partial charge is 0.491 e. The van der Waals surface area contributed by atoms with Crippen LogP contribution in [0.15, 0.2) is 24.3 Å². The van der Waals surface area contributed by atoms with Gasteiger partial charge in [-0.05, 0) is 37.8 Å². The standard InChI is InChI=1S/C15H23NO3/c1-11-2-6-14(7-3-11)19-10-13(17)8-16-9-15(18)12-4-5-12/h2-3,6-7,12-13,15-18H,4-5,8-10H2,1H3. The molecule has 1 fully saturated rings. The molecular weight excluding hydrogens is 242 g/mol. The van der Waals surface area contributed by atoms with Gasteiger partial charge in [-0.3, -0.25) is 0 Å². The summed E-state index contributed by atoms with van der Waals surface area (Å²) in [6, 6.07) is 7.75. The van der Waals surface area contributed by atoms with Gasteiger partial charge < -0.3 is 20.3 Å². The van der Waals surface area contributed by atoms with Crippen molar-refractivity contribution >= 4 is 0 Å². The van der Waals surface area contributed by atoms with Crippen LogP contribution in [0, 0.1) is 12.8 Å². The molecule has 0 radical (unpaired) electrons. The fourth-order valence-electron chi connectivity index (χ4n) is 1.93. The van der Waals surface area contributed by atoms with Crippen LogP contribution < -0.4 is 10.1 Å². The third-order valence-corrected chi connectivity index (χ3v) is 3.36. The lowest BCUT2D eigenvalue weighted by molar-refractivity contribution is 0.0966. The average molecular weight is 265 g/mol. The van der Waals surface area contributed by atoms with Crippen LogP contribution in [0.4, 0.5) is 0 Å². The SMILES string of the molecule is Cc1ccc(OCC(O)CNCC(O)C2CC2)cc1. The molecule has 1 saturated carbocycles. The minimum absolute atomic E-state index is 0.260. The molecule has 0 saturated heterocycles. The number of aliphatic hydroxyl groups excluding tert-OH is 2. The van der Waals surface area contributed by atoms with Gasteiger partial charge in [-0.25, -0.2) is 0 Å². The Morgan fingerprint density at radius 1 is 1.21 bits per heavy atom. The second kappa shape index (κ2) is 6.89. The smallest absolute Gasteiger partial charge is 0.119 e. The molecule has 2 unspecified atom stereocenters. The summed E-state index contributed by atoms with van der Waals surface area (Å²) in [4.78, 5) is 0. The van der Waals surface area contributed by atoms with Crippen LogP contribution in [0.2, 0.25) is 0 Å². The van der Waals surface area contributed by atoms with Crippen LogP contribution in [-0.2, 0) is 0 Å². The van der Waals surface area contributed by atoms with Gasteiger partial charge in [0, 0.05) is 13.1 Å². The van der Waals surface area contributed by atoms with Crippen molar-refractivity contribution in [2.75, 3.05) is 19.7 Å². The summed E-state index contributed by atoms with van der Waals surface area (Å²) < 4.78 is 5.49. The summed E-state index contributed by atoms with van der Waals surface area (Å²) in [7, 11) is 0. The van der Waals surface area contributed by atoms with Crippen molar-refractivity contribution in [2.45, 2.75) is 32.0 Å². The number of hydrogen-bond donors (Lipinski definition) is 3. The number of benzene rings is 1. The second-order valence-corrected chi connectivity index (χ2v) is 5.34. The molecule has 2 rings (SSSR count). The molecule has 2 atom stereocenters. The zero-order valence-electron chi connectivity index (χ0n) is 11.4. The number of rotatable bonds is 8. The molecule has 0 bridgehead atoms. The highest BCUT2D eigenvalue weighted by atomic mass is 16.5. The molecule has 1 aromatic rings. The maximum atomic E-state index is 9.76. The fourth-order valence-corrected chi connectivity index (χ4v) is 1.93. The highest BCUT2D eigenvalue weighted by Crippen LogP contribution is 2.32. The molecule has 1 aliphatic rings. The normalized spacial score (nSPS) is 18.1. The van der Waals surface area contributed by atoms with Crippen LogP contribution in [0.5, 0.6) is 5.75 Å². The lowest BCUT2D eigenvalue weighted by Crippen LogP contribution is -2.36. The summed E-state index contributed by atoms with van der Waals surface area (Å²) >= 11 is 0. The zero-order chi connectivity index (χ0) is 13.7.